The van der Waals surface area contributed by atoms with Gasteiger partial charge < -0.3 is 10.2 Å². The van der Waals surface area contributed by atoms with Crippen LogP contribution in [-0.4, -0.2) is 24.1 Å². The molecule has 0 aliphatic carbocycles. The van der Waals surface area contributed by atoms with E-state index < -0.39 is 5.92 Å². The van der Waals surface area contributed by atoms with Crippen LogP contribution in [0.4, 0.5) is 11.4 Å². The average Bonchev–Trinajstić information content (AvgIpc) is 3.05. The molecule has 0 saturated carbocycles. The third-order valence-corrected chi connectivity index (χ3v) is 6.00. The second-order valence-electron chi connectivity index (χ2n) is 6.10. The van der Waals surface area contributed by atoms with Crippen molar-refractivity contribution in [3.05, 3.63) is 53.0 Å². The maximum atomic E-state index is 12.7. The van der Waals surface area contributed by atoms with Gasteiger partial charge in [0.05, 0.1) is 23.4 Å². The Labute approximate surface area is 170 Å². The summed E-state index contributed by atoms with van der Waals surface area (Å²) in [5.74, 6) is 0.0490. The van der Waals surface area contributed by atoms with Crippen LogP contribution in [0.5, 0.6) is 0 Å². The minimum absolute atomic E-state index is 0.0567. The Kier molecular flexibility index (Phi) is 6.54. The maximum absolute atomic E-state index is 12.7. The predicted octanol–water partition coefficient (Wildman–Crippen LogP) is 4.45. The van der Waals surface area contributed by atoms with Gasteiger partial charge in [-0.25, -0.2) is 0 Å². The van der Waals surface area contributed by atoms with Gasteiger partial charge in [-0.3, -0.25) is 9.59 Å². The highest BCUT2D eigenvalue weighted by Crippen LogP contribution is 2.33. The van der Waals surface area contributed by atoms with Crippen molar-refractivity contribution in [2.24, 2.45) is 5.92 Å². The molecule has 1 saturated heterocycles. The molecule has 1 fully saturated rings. The Morgan fingerprint density at radius 2 is 2.00 bits per heavy atom. The number of thioether (sulfide) groups is 1. The molecule has 1 aliphatic rings. The van der Waals surface area contributed by atoms with E-state index in [0.717, 1.165) is 20.7 Å². The lowest BCUT2D eigenvalue weighted by molar-refractivity contribution is -0.122. The quantitative estimate of drug-likeness (QED) is 0.528. The van der Waals surface area contributed by atoms with Crippen molar-refractivity contribution in [1.29, 1.82) is 5.26 Å². The fourth-order valence-corrected chi connectivity index (χ4v) is 4.29. The van der Waals surface area contributed by atoms with Gasteiger partial charge in [0.25, 0.3) is 0 Å². The number of halogens is 1. The van der Waals surface area contributed by atoms with E-state index in [4.69, 9.17) is 5.26 Å². The number of rotatable bonds is 6. The highest BCUT2D eigenvalue weighted by atomic mass is 79.9. The molecule has 2 aromatic rings. The van der Waals surface area contributed by atoms with E-state index in [2.05, 4.69) is 27.3 Å². The Balaban J connectivity index is 1.69. The van der Waals surface area contributed by atoms with Crippen LogP contribution in [0, 0.1) is 17.2 Å². The van der Waals surface area contributed by atoms with Crippen molar-refractivity contribution in [1.82, 2.24) is 0 Å². The number of hydrogen-bond acceptors (Lipinski definition) is 4. The third kappa shape index (κ3) is 4.71. The number of nitrogens with one attached hydrogen (secondary N) is 1. The Morgan fingerprint density at radius 3 is 2.78 bits per heavy atom. The maximum Gasteiger partial charge on any atom is 0.229 e. The molecule has 0 spiro atoms. The molecule has 0 radical (unpaired) electrons. The van der Waals surface area contributed by atoms with E-state index in [9.17, 15) is 9.59 Å². The molecule has 0 bridgehead atoms. The first-order valence-electron chi connectivity index (χ1n) is 8.54. The largest absolute Gasteiger partial charge is 0.325 e. The van der Waals surface area contributed by atoms with Gasteiger partial charge in [0.2, 0.25) is 11.8 Å². The van der Waals surface area contributed by atoms with E-state index >= 15 is 0 Å². The zero-order chi connectivity index (χ0) is 19.2. The van der Waals surface area contributed by atoms with E-state index in [1.54, 1.807) is 4.90 Å². The Bertz CT molecular complexity index is 897. The summed E-state index contributed by atoms with van der Waals surface area (Å²) in [7, 11) is 0. The van der Waals surface area contributed by atoms with E-state index in [0.29, 0.717) is 18.7 Å². The molecule has 2 aromatic carbocycles. The molecule has 5 nitrogen and oxygen atoms in total. The number of nitriles is 1. The Morgan fingerprint density at radius 1 is 1.26 bits per heavy atom. The topological polar surface area (TPSA) is 73.2 Å². The number of hydrogen-bond donors (Lipinski definition) is 1. The second-order valence-corrected chi connectivity index (χ2v) is 8.09. The van der Waals surface area contributed by atoms with Gasteiger partial charge in [0.1, 0.15) is 0 Å². The molecule has 138 valence electrons. The highest BCUT2D eigenvalue weighted by molar-refractivity contribution is 9.10. The van der Waals surface area contributed by atoms with Crippen LogP contribution in [0.3, 0.4) is 0 Å². The summed E-state index contributed by atoms with van der Waals surface area (Å²) in [6.45, 7) is 0.358. The summed E-state index contributed by atoms with van der Waals surface area (Å²) < 4.78 is 0.832. The van der Waals surface area contributed by atoms with Gasteiger partial charge in [-0.05, 0) is 40.2 Å². The van der Waals surface area contributed by atoms with Crippen molar-refractivity contribution in [2.45, 2.75) is 17.7 Å². The zero-order valence-corrected chi connectivity index (χ0v) is 16.9. The number of nitrogens with zero attached hydrogens (tertiary/aromatic N) is 2. The molecular weight excluding hydrogens is 426 g/mol. The van der Waals surface area contributed by atoms with Gasteiger partial charge in [-0.1, -0.05) is 24.3 Å². The Hall–Kier alpha value is -2.30. The molecule has 1 atom stereocenters. The SMILES string of the molecule is N#CCCSc1ccccc1NC(=O)C1CC(=O)N(c2ccccc2Br)C1. The third-order valence-electron chi connectivity index (χ3n) is 4.26. The average molecular weight is 444 g/mol. The van der Waals surface area contributed by atoms with E-state index in [1.807, 2.05) is 48.5 Å². The molecule has 1 N–H and O–H groups in total. The van der Waals surface area contributed by atoms with Crippen LogP contribution >= 0.6 is 27.7 Å². The van der Waals surface area contributed by atoms with E-state index in [-0.39, 0.29) is 18.2 Å². The molecule has 2 amide bonds. The number of carbonyl (C=O) groups excluding carboxylic acids is 2. The smallest absolute Gasteiger partial charge is 0.229 e. The molecule has 1 unspecified atom stereocenters. The molecule has 27 heavy (non-hydrogen) atoms. The molecule has 0 aromatic heterocycles. The minimum atomic E-state index is -0.401. The van der Waals surface area contributed by atoms with Crippen LogP contribution in [0.1, 0.15) is 12.8 Å². The van der Waals surface area contributed by atoms with Gasteiger partial charge in [0, 0.05) is 34.5 Å². The summed E-state index contributed by atoms with van der Waals surface area (Å²) in [6.07, 6.45) is 0.641. The summed E-state index contributed by atoms with van der Waals surface area (Å²) in [5, 5.41) is 11.6. The number of carbonyl (C=O) groups is 2. The number of para-hydroxylation sites is 2. The number of anilines is 2. The first-order chi connectivity index (χ1) is 13.1. The summed E-state index contributed by atoms with van der Waals surface area (Å²) in [4.78, 5) is 27.7. The minimum Gasteiger partial charge on any atom is -0.325 e. The standard InChI is InChI=1S/C20H18BrN3O2S/c21-15-6-1-3-8-17(15)24-13-14(12-19(24)25)20(26)23-16-7-2-4-9-18(16)27-11-5-10-22/h1-4,6-9,14H,5,11-13H2,(H,23,26). The van der Waals surface area contributed by atoms with Crippen molar-refractivity contribution in [3.8, 4) is 6.07 Å². The van der Waals surface area contributed by atoms with Gasteiger partial charge >= 0.3 is 0 Å². The number of benzene rings is 2. The molecular formula is C20H18BrN3O2S. The molecule has 3 rings (SSSR count). The number of amides is 2. The van der Waals surface area contributed by atoms with Crippen molar-refractivity contribution in [3.63, 3.8) is 0 Å². The lowest BCUT2D eigenvalue weighted by atomic mass is 10.1. The van der Waals surface area contributed by atoms with Crippen LogP contribution in [0.25, 0.3) is 0 Å². The van der Waals surface area contributed by atoms with Gasteiger partial charge in [0.15, 0.2) is 0 Å². The van der Waals surface area contributed by atoms with E-state index in [1.165, 1.54) is 11.8 Å². The van der Waals surface area contributed by atoms with Crippen LogP contribution in [-0.2, 0) is 9.59 Å². The van der Waals surface area contributed by atoms with Gasteiger partial charge in [-0.2, -0.15) is 5.26 Å². The van der Waals surface area contributed by atoms with Crippen molar-refractivity contribution < 1.29 is 9.59 Å². The summed E-state index contributed by atoms with van der Waals surface area (Å²) >= 11 is 5.00. The first-order valence-corrected chi connectivity index (χ1v) is 10.3. The summed E-state index contributed by atoms with van der Waals surface area (Å²) in [6, 6.07) is 17.1. The molecule has 7 heteroatoms. The van der Waals surface area contributed by atoms with Crippen LogP contribution in [0.2, 0.25) is 0 Å². The lowest BCUT2D eigenvalue weighted by Crippen LogP contribution is -2.28. The molecule has 1 heterocycles. The zero-order valence-electron chi connectivity index (χ0n) is 14.5. The summed E-state index contributed by atoms with van der Waals surface area (Å²) in [5.41, 5.74) is 1.50. The normalized spacial score (nSPS) is 16.2. The van der Waals surface area contributed by atoms with Crippen LogP contribution in [0.15, 0.2) is 57.9 Å². The van der Waals surface area contributed by atoms with Gasteiger partial charge in [-0.15, -0.1) is 11.8 Å². The fourth-order valence-electron chi connectivity index (χ4n) is 2.92. The van der Waals surface area contributed by atoms with Crippen LogP contribution < -0.4 is 10.2 Å². The molecule has 1 aliphatic heterocycles. The fraction of sp³-hybridized carbons (Fsp3) is 0.250. The first kappa shape index (κ1) is 19.5. The highest BCUT2D eigenvalue weighted by Gasteiger charge is 2.36. The second kappa shape index (κ2) is 9.07. The van der Waals surface area contributed by atoms with Crippen molar-refractivity contribution >= 4 is 50.9 Å². The lowest BCUT2D eigenvalue weighted by Gasteiger charge is -2.18. The predicted molar refractivity (Wildman–Crippen MR) is 111 cm³/mol. The van der Waals surface area contributed by atoms with Crippen molar-refractivity contribution in [2.75, 3.05) is 22.5 Å². The monoisotopic (exact) mass is 443 g/mol.